The van der Waals surface area contributed by atoms with Crippen molar-refractivity contribution in [1.82, 2.24) is 0 Å². The second-order valence-electron chi connectivity index (χ2n) is 5.31. The van der Waals surface area contributed by atoms with E-state index in [0.717, 1.165) is 16.8 Å². The summed E-state index contributed by atoms with van der Waals surface area (Å²) in [7, 11) is 0. The van der Waals surface area contributed by atoms with Gasteiger partial charge in [-0.25, -0.2) is 0 Å². The van der Waals surface area contributed by atoms with Crippen molar-refractivity contribution < 1.29 is 9.59 Å². The molecule has 0 spiro atoms. The van der Waals surface area contributed by atoms with Crippen LogP contribution < -0.4 is 10.6 Å². The van der Waals surface area contributed by atoms with E-state index in [2.05, 4.69) is 0 Å². The van der Waals surface area contributed by atoms with Crippen LogP contribution in [0.2, 0.25) is 0 Å². The van der Waals surface area contributed by atoms with Crippen molar-refractivity contribution in [3.63, 3.8) is 0 Å². The fraction of sp³-hybridized carbons (Fsp3) is 0.176. The van der Waals surface area contributed by atoms with Gasteiger partial charge in [0.1, 0.15) is 0 Å². The van der Waals surface area contributed by atoms with Gasteiger partial charge in [0.15, 0.2) is 0 Å². The summed E-state index contributed by atoms with van der Waals surface area (Å²) < 4.78 is 0. The van der Waals surface area contributed by atoms with E-state index in [1.807, 2.05) is 37.3 Å². The first-order valence-corrected chi connectivity index (χ1v) is 6.84. The third-order valence-corrected chi connectivity index (χ3v) is 3.80. The average molecular weight is 280 g/mol. The number of benzene rings is 2. The second-order valence-corrected chi connectivity index (χ2v) is 5.31. The first kappa shape index (κ1) is 13.4. The van der Waals surface area contributed by atoms with E-state index in [0.29, 0.717) is 12.1 Å². The Morgan fingerprint density at radius 2 is 1.90 bits per heavy atom. The monoisotopic (exact) mass is 280 g/mol. The lowest BCUT2D eigenvalue weighted by Crippen LogP contribution is -2.25. The van der Waals surface area contributed by atoms with Gasteiger partial charge in [0.25, 0.3) is 0 Å². The molecule has 0 aromatic heterocycles. The van der Waals surface area contributed by atoms with Crippen LogP contribution in [0.25, 0.3) is 0 Å². The highest BCUT2D eigenvalue weighted by Crippen LogP contribution is 2.32. The first-order chi connectivity index (χ1) is 10.1. The molecule has 1 aliphatic heterocycles. The van der Waals surface area contributed by atoms with Gasteiger partial charge in [0, 0.05) is 11.3 Å². The summed E-state index contributed by atoms with van der Waals surface area (Å²) in [5.41, 5.74) is 9.59. The number of carbonyl (C=O) groups is 2. The molecule has 0 fully saturated rings. The molecule has 2 aromatic rings. The van der Waals surface area contributed by atoms with Crippen LogP contribution in [-0.2, 0) is 17.8 Å². The number of primary amides is 1. The molecule has 2 amide bonds. The standard InChI is InChI=1S/C17H16N2O2/c1-11-5-7-12(8-6-11)10-19-15-4-2-3-13(17(18)21)14(15)9-16(19)20/h2-8H,9-10H2,1H3,(H2,18,21). The van der Waals surface area contributed by atoms with Gasteiger partial charge in [-0.05, 0) is 30.2 Å². The van der Waals surface area contributed by atoms with Crippen LogP contribution in [0.4, 0.5) is 5.69 Å². The van der Waals surface area contributed by atoms with Crippen molar-refractivity contribution in [3.05, 3.63) is 64.7 Å². The number of fused-ring (bicyclic) bond motifs is 1. The van der Waals surface area contributed by atoms with Crippen molar-refractivity contribution in [1.29, 1.82) is 0 Å². The van der Waals surface area contributed by atoms with E-state index < -0.39 is 5.91 Å². The van der Waals surface area contributed by atoms with Gasteiger partial charge in [0.2, 0.25) is 11.8 Å². The summed E-state index contributed by atoms with van der Waals surface area (Å²) in [6.45, 7) is 2.54. The highest BCUT2D eigenvalue weighted by atomic mass is 16.2. The zero-order chi connectivity index (χ0) is 15.0. The molecular formula is C17H16N2O2. The number of nitrogens with two attached hydrogens (primary N) is 1. The number of rotatable bonds is 3. The van der Waals surface area contributed by atoms with Crippen LogP contribution in [0.5, 0.6) is 0 Å². The molecule has 0 bridgehead atoms. The number of anilines is 1. The second kappa shape index (κ2) is 5.05. The SMILES string of the molecule is Cc1ccc(CN2C(=O)Cc3c(C(N)=O)cccc32)cc1. The van der Waals surface area contributed by atoms with E-state index in [9.17, 15) is 9.59 Å². The molecule has 2 aromatic carbocycles. The minimum atomic E-state index is -0.489. The zero-order valence-corrected chi connectivity index (χ0v) is 11.8. The summed E-state index contributed by atoms with van der Waals surface area (Å²) >= 11 is 0. The van der Waals surface area contributed by atoms with E-state index in [4.69, 9.17) is 5.73 Å². The first-order valence-electron chi connectivity index (χ1n) is 6.84. The summed E-state index contributed by atoms with van der Waals surface area (Å²) in [5.74, 6) is -0.490. The number of amides is 2. The van der Waals surface area contributed by atoms with Crippen molar-refractivity contribution >= 4 is 17.5 Å². The van der Waals surface area contributed by atoms with E-state index in [1.165, 1.54) is 5.56 Å². The third kappa shape index (κ3) is 2.40. The maximum atomic E-state index is 12.3. The van der Waals surface area contributed by atoms with E-state index in [1.54, 1.807) is 17.0 Å². The van der Waals surface area contributed by atoms with Crippen LogP contribution >= 0.6 is 0 Å². The maximum Gasteiger partial charge on any atom is 0.249 e. The molecule has 21 heavy (non-hydrogen) atoms. The van der Waals surface area contributed by atoms with Crippen LogP contribution in [0.15, 0.2) is 42.5 Å². The molecule has 0 aliphatic carbocycles. The molecule has 1 heterocycles. The number of aryl methyl sites for hydroxylation is 1. The minimum absolute atomic E-state index is 0.000671. The summed E-state index contributed by atoms with van der Waals surface area (Å²) in [5, 5.41) is 0. The summed E-state index contributed by atoms with van der Waals surface area (Å²) in [6.07, 6.45) is 0.236. The summed E-state index contributed by atoms with van der Waals surface area (Å²) in [4.78, 5) is 25.4. The molecule has 3 rings (SSSR count). The smallest absolute Gasteiger partial charge is 0.249 e. The largest absolute Gasteiger partial charge is 0.366 e. The van der Waals surface area contributed by atoms with Crippen molar-refractivity contribution in [2.45, 2.75) is 19.9 Å². The molecule has 1 aliphatic rings. The fourth-order valence-corrected chi connectivity index (χ4v) is 2.67. The lowest BCUT2D eigenvalue weighted by Gasteiger charge is -2.18. The van der Waals surface area contributed by atoms with Crippen LogP contribution in [0, 0.1) is 6.92 Å². The number of hydrogen-bond donors (Lipinski definition) is 1. The zero-order valence-electron chi connectivity index (χ0n) is 11.8. The molecule has 0 saturated carbocycles. The number of hydrogen-bond acceptors (Lipinski definition) is 2. The summed E-state index contributed by atoms with van der Waals surface area (Å²) in [6, 6.07) is 13.4. The van der Waals surface area contributed by atoms with Gasteiger partial charge in [-0.1, -0.05) is 35.9 Å². The molecular weight excluding hydrogens is 264 g/mol. The molecule has 0 atom stereocenters. The van der Waals surface area contributed by atoms with E-state index >= 15 is 0 Å². The number of nitrogens with zero attached hydrogens (tertiary/aromatic N) is 1. The highest BCUT2D eigenvalue weighted by Gasteiger charge is 2.30. The van der Waals surface area contributed by atoms with Crippen LogP contribution in [-0.4, -0.2) is 11.8 Å². The lowest BCUT2D eigenvalue weighted by molar-refractivity contribution is -0.117. The topological polar surface area (TPSA) is 63.4 Å². The molecule has 4 nitrogen and oxygen atoms in total. The van der Waals surface area contributed by atoms with Crippen LogP contribution in [0.1, 0.15) is 27.0 Å². The van der Waals surface area contributed by atoms with Gasteiger partial charge in [-0.2, -0.15) is 0 Å². The molecule has 0 saturated heterocycles. The molecule has 4 heteroatoms. The van der Waals surface area contributed by atoms with Gasteiger partial charge < -0.3 is 10.6 Å². The third-order valence-electron chi connectivity index (χ3n) is 3.80. The van der Waals surface area contributed by atoms with Gasteiger partial charge in [0.05, 0.1) is 13.0 Å². The van der Waals surface area contributed by atoms with Crippen molar-refractivity contribution in [3.8, 4) is 0 Å². The Labute approximate surface area is 123 Å². The number of carbonyl (C=O) groups excluding carboxylic acids is 2. The minimum Gasteiger partial charge on any atom is -0.366 e. The Hall–Kier alpha value is -2.62. The molecule has 0 radical (unpaired) electrons. The van der Waals surface area contributed by atoms with E-state index in [-0.39, 0.29) is 12.3 Å². The molecule has 106 valence electrons. The highest BCUT2D eigenvalue weighted by molar-refractivity contribution is 6.06. The fourth-order valence-electron chi connectivity index (χ4n) is 2.67. The van der Waals surface area contributed by atoms with Crippen LogP contribution in [0.3, 0.4) is 0 Å². The average Bonchev–Trinajstić information content (AvgIpc) is 2.77. The Morgan fingerprint density at radius 1 is 1.19 bits per heavy atom. The van der Waals surface area contributed by atoms with Gasteiger partial charge in [-0.15, -0.1) is 0 Å². The van der Waals surface area contributed by atoms with Crippen molar-refractivity contribution in [2.75, 3.05) is 4.90 Å². The Kier molecular flexibility index (Phi) is 3.22. The Balaban J connectivity index is 1.96. The maximum absolute atomic E-state index is 12.3. The normalized spacial score (nSPS) is 13.4. The lowest BCUT2D eigenvalue weighted by atomic mass is 10.0. The predicted octanol–water partition coefficient (Wildman–Crippen LogP) is 2.18. The molecule has 2 N–H and O–H groups in total. The molecule has 0 unspecified atom stereocenters. The quantitative estimate of drug-likeness (QED) is 0.936. The predicted molar refractivity (Wildman–Crippen MR) is 81.0 cm³/mol. The Morgan fingerprint density at radius 3 is 2.57 bits per heavy atom. The van der Waals surface area contributed by atoms with Crippen molar-refractivity contribution in [2.24, 2.45) is 5.73 Å². The Bertz CT molecular complexity index is 720. The van der Waals surface area contributed by atoms with Gasteiger partial charge >= 0.3 is 0 Å². The van der Waals surface area contributed by atoms with Gasteiger partial charge in [-0.3, -0.25) is 9.59 Å².